The highest BCUT2D eigenvalue weighted by Gasteiger charge is 2.10. The minimum atomic E-state index is 0.0958. The molecule has 0 aliphatic heterocycles. The van der Waals surface area contributed by atoms with Crippen molar-refractivity contribution < 1.29 is 0 Å². The van der Waals surface area contributed by atoms with E-state index in [4.69, 9.17) is 17.3 Å². The van der Waals surface area contributed by atoms with Gasteiger partial charge in [-0.25, -0.2) is 0 Å². The third-order valence-corrected chi connectivity index (χ3v) is 4.56. The SMILES string of the molecule is Cc1ccc(C(N)Cc2ccc(Cl)s2)s1. The molecule has 0 aliphatic rings. The fraction of sp³-hybridized carbons (Fsp3) is 0.273. The number of aryl methyl sites for hydroxylation is 1. The van der Waals surface area contributed by atoms with Gasteiger partial charge in [0.2, 0.25) is 0 Å². The third kappa shape index (κ3) is 2.82. The van der Waals surface area contributed by atoms with E-state index in [2.05, 4.69) is 19.1 Å². The summed E-state index contributed by atoms with van der Waals surface area (Å²) in [4.78, 5) is 3.81. The van der Waals surface area contributed by atoms with Crippen LogP contribution in [-0.2, 0) is 6.42 Å². The molecule has 2 aromatic heterocycles. The smallest absolute Gasteiger partial charge is 0.0931 e. The van der Waals surface area contributed by atoms with Crippen LogP contribution < -0.4 is 5.73 Å². The van der Waals surface area contributed by atoms with Gasteiger partial charge in [0.05, 0.1) is 4.34 Å². The number of nitrogens with two attached hydrogens (primary N) is 1. The summed E-state index contributed by atoms with van der Waals surface area (Å²) in [6, 6.07) is 8.29. The molecule has 2 aromatic rings. The van der Waals surface area contributed by atoms with Gasteiger partial charge in [0.25, 0.3) is 0 Å². The Bertz CT molecular complexity index is 447. The van der Waals surface area contributed by atoms with Crippen LogP contribution in [0, 0.1) is 6.92 Å². The molecule has 0 fully saturated rings. The molecule has 0 bridgehead atoms. The lowest BCUT2D eigenvalue weighted by Gasteiger charge is -2.07. The first-order chi connectivity index (χ1) is 7.15. The first-order valence-electron chi connectivity index (χ1n) is 4.71. The predicted molar refractivity (Wildman–Crippen MR) is 69.0 cm³/mol. The summed E-state index contributed by atoms with van der Waals surface area (Å²) in [5, 5.41) is 0. The molecule has 0 saturated heterocycles. The second-order valence-electron chi connectivity index (χ2n) is 3.46. The normalized spacial score (nSPS) is 13.0. The Kier molecular flexibility index (Phi) is 3.46. The highest BCUT2D eigenvalue weighted by molar-refractivity contribution is 7.16. The van der Waals surface area contributed by atoms with E-state index in [9.17, 15) is 0 Å². The highest BCUT2D eigenvalue weighted by Crippen LogP contribution is 2.28. The summed E-state index contributed by atoms with van der Waals surface area (Å²) in [6.45, 7) is 2.10. The average molecular weight is 258 g/mol. The van der Waals surface area contributed by atoms with Crippen LogP contribution in [0.2, 0.25) is 4.34 Å². The van der Waals surface area contributed by atoms with Gasteiger partial charge in [-0.1, -0.05) is 11.6 Å². The molecule has 15 heavy (non-hydrogen) atoms. The number of halogens is 1. The molecular weight excluding hydrogens is 246 g/mol. The Morgan fingerprint density at radius 2 is 2.07 bits per heavy atom. The van der Waals surface area contributed by atoms with E-state index in [0.29, 0.717) is 0 Å². The van der Waals surface area contributed by atoms with Crippen molar-refractivity contribution >= 4 is 34.3 Å². The molecule has 0 radical (unpaired) electrons. The topological polar surface area (TPSA) is 26.0 Å². The van der Waals surface area contributed by atoms with Crippen molar-refractivity contribution in [3.05, 3.63) is 43.2 Å². The molecule has 4 heteroatoms. The quantitative estimate of drug-likeness (QED) is 0.883. The van der Waals surface area contributed by atoms with Gasteiger partial charge in [-0.05, 0) is 31.2 Å². The van der Waals surface area contributed by atoms with Crippen LogP contribution in [0.4, 0.5) is 0 Å². The summed E-state index contributed by atoms with van der Waals surface area (Å²) in [6.07, 6.45) is 0.872. The first kappa shape index (κ1) is 11.1. The number of hydrogen-bond acceptors (Lipinski definition) is 3. The van der Waals surface area contributed by atoms with Gasteiger partial charge in [0.1, 0.15) is 0 Å². The van der Waals surface area contributed by atoms with Crippen molar-refractivity contribution in [2.45, 2.75) is 19.4 Å². The van der Waals surface area contributed by atoms with Crippen molar-refractivity contribution in [1.82, 2.24) is 0 Å². The molecule has 2 heterocycles. The van der Waals surface area contributed by atoms with Gasteiger partial charge in [0.15, 0.2) is 0 Å². The fourth-order valence-corrected chi connectivity index (χ4v) is 3.46. The molecule has 80 valence electrons. The van der Waals surface area contributed by atoms with Crippen molar-refractivity contribution in [2.24, 2.45) is 5.73 Å². The molecule has 0 spiro atoms. The highest BCUT2D eigenvalue weighted by atomic mass is 35.5. The van der Waals surface area contributed by atoms with Crippen LogP contribution in [0.15, 0.2) is 24.3 Å². The molecule has 0 aliphatic carbocycles. The average Bonchev–Trinajstić information content (AvgIpc) is 2.75. The Morgan fingerprint density at radius 3 is 2.60 bits per heavy atom. The molecule has 1 atom stereocenters. The standard InChI is InChI=1S/C11H12ClNS2/c1-7-2-4-10(14-7)9(13)6-8-3-5-11(12)15-8/h2-5,9H,6,13H2,1H3. The molecule has 0 amide bonds. The minimum absolute atomic E-state index is 0.0958. The van der Waals surface area contributed by atoms with E-state index in [1.54, 1.807) is 22.7 Å². The summed E-state index contributed by atoms with van der Waals surface area (Å²) < 4.78 is 0.833. The van der Waals surface area contributed by atoms with Crippen LogP contribution in [0.3, 0.4) is 0 Å². The number of rotatable bonds is 3. The van der Waals surface area contributed by atoms with E-state index in [1.165, 1.54) is 14.6 Å². The zero-order chi connectivity index (χ0) is 10.8. The molecule has 2 N–H and O–H groups in total. The maximum Gasteiger partial charge on any atom is 0.0931 e. The summed E-state index contributed by atoms with van der Waals surface area (Å²) in [5.41, 5.74) is 6.12. The number of thiophene rings is 2. The molecule has 2 rings (SSSR count). The van der Waals surface area contributed by atoms with E-state index >= 15 is 0 Å². The molecule has 0 aromatic carbocycles. The lowest BCUT2D eigenvalue weighted by atomic mass is 10.1. The van der Waals surface area contributed by atoms with Crippen LogP contribution in [0.25, 0.3) is 0 Å². The zero-order valence-electron chi connectivity index (χ0n) is 8.37. The van der Waals surface area contributed by atoms with Gasteiger partial charge >= 0.3 is 0 Å². The fourth-order valence-electron chi connectivity index (χ4n) is 1.43. The lowest BCUT2D eigenvalue weighted by molar-refractivity contribution is 0.745. The summed E-state index contributed by atoms with van der Waals surface area (Å²) in [7, 11) is 0. The Morgan fingerprint density at radius 1 is 1.27 bits per heavy atom. The second kappa shape index (κ2) is 4.66. The van der Waals surface area contributed by atoms with Crippen LogP contribution in [-0.4, -0.2) is 0 Å². The van der Waals surface area contributed by atoms with Gasteiger partial charge in [-0.2, -0.15) is 0 Å². The monoisotopic (exact) mass is 257 g/mol. The van der Waals surface area contributed by atoms with Gasteiger partial charge in [-0.15, -0.1) is 22.7 Å². The van der Waals surface area contributed by atoms with Crippen molar-refractivity contribution in [3.63, 3.8) is 0 Å². The van der Waals surface area contributed by atoms with E-state index in [0.717, 1.165) is 10.8 Å². The molecular formula is C11H12ClNS2. The van der Waals surface area contributed by atoms with E-state index in [-0.39, 0.29) is 6.04 Å². The summed E-state index contributed by atoms with van der Waals surface area (Å²) >= 11 is 9.25. The van der Waals surface area contributed by atoms with Crippen molar-refractivity contribution in [1.29, 1.82) is 0 Å². The van der Waals surface area contributed by atoms with Crippen LogP contribution in [0.5, 0.6) is 0 Å². The lowest BCUT2D eigenvalue weighted by Crippen LogP contribution is -2.10. The van der Waals surface area contributed by atoms with Gasteiger partial charge in [-0.3, -0.25) is 0 Å². The first-order valence-corrected chi connectivity index (χ1v) is 6.72. The zero-order valence-corrected chi connectivity index (χ0v) is 10.8. The largest absolute Gasteiger partial charge is 0.323 e. The second-order valence-corrected chi connectivity index (χ2v) is 6.58. The van der Waals surface area contributed by atoms with Crippen LogP contribution in [0.1, 0.15) is 20.7 Å². The Hall–Kier alpha value is -0.350. The Balaban J connectivity index is 2.06. The minimum Gasteiger partial charge on any atom is -0.323 e. The van der Waals surface area contributed by atoms with E-state index < -0.39 is 0 Å². The Labute approximate surface area is 103 Å². The predicted octanol–water partition coefficient (Wildman–Crippen LogP) is 4.01. The number of hydrogen-bond donors (Lipinski definition) is 1. The molecule has 1 unspecified atom stereocenters. The molecule has 1 nitrogen and oxygen atoms in total. The summed E-state index contributed by atoms with van der Waals surface area (Å²) in [5.74, 6) is 0. The van der Waals surface area contributed by atoms with Crippen molar-refractivity contribution in [3.8, 4) is 0 Å². The van der Waals surface area contributed by atoms with Gasteiger partial charge < -0.3 is 5.73 Å². The van der Waals surface area contributed by atoms with Crippen LogP contribution >= 0.6 is 34.3 Å². The third-order valence-electron chi connectivity index (χ3n) is 2.18. The van der Waals surface area contributed by atoms with E-state index in [1.807, 2.05) is 12.1 Å². The maximum absolute atomic E-state index is 6.12. The maximum atomic E-state index is 6.12. The molecule has 0 saturated carbocycles. The van der Waals surface area contributed by atoms with Crippen molar-refractivity contribution in [2.75, 3.05) is 0 Å². The van der Waals surface area contributed by atoms with Gasteiger partial charge in [0, 0.05) is 27.1 Å².